The summed E-state index contributed by atoms with van der Waals surface area (Å²) in [6.07, 6.45) is 12.9. The summed E-state index contributed by atoms with van der Waals surface area (Å²) in [5.74, 6) is 0.726. The molecule has 0 aromatic heterocycles. The molecule has 1 aromatic carbocycles. The van der Waals surface area contributed by atoms with Crippen LogP contribution in [0.2, 0.25) is 0 Å². The van der Waals surface area contributed by atoms with Crippen LogP contribution in [0.1, 0.15) is 56.2 Å². The smallest absolute Gasteiger partial charge is 0.0152 e. The SMILES string of the molecule is C=C/C(=C(\C=C/C)C1CCC1)c1ccc(CCC)cc1C. The zero-order chi connectivity index (χ0) is 15.2. The van der Waals surface area contributed by atoms with Crippen molar-refractivity contribution in [2.75, 3.05) is 0 Å². The summed E-state index contributed by atoms with van der Waals surface area (Å²) < 4.78 is 0. The Bertz CT molecular complexity index is 553. The maximum Gasteiger partial charge on any atom is -0.0152 e. The molecular formula is C21H28. The van der Waals surface area contributed by atoms with Crippen LogP contribution < -0.4 is 0 Å². The molecule has 21 heavy (non-hydrogen) atoms. The molecule has 0 saturated heterocycles. The second kappa shape index (κ2) is 7.45. The second-order valence-electron chi connectivity index (χ2n) is 6.10. The molecule has 0 heteroatoms. The van der Waals surface area contributed by atoms with E-state index in [4.69, 9.17) is 0 Å². The molecule has 0 radical (unpaired) electrons. The molecule has 0 aliphatic heterocycles. The number of aryl methyl sites for hydroxylation is 2. The normalized spacial score (nSPS) is 16.7. The highest BCUT2D eigenvalue weighted by Gasteiger charge is 2.23. The van der Waals surface area contributed by atoms with E-state index in [0.29, 0.717) is 0 Å². The maximum atomic E-state index is 4.09. The van der Waals surface area contributed by atoms with Crippen molar-refractivity contribution in [1.29, 1.82) is 0 Å². The number of benzene rings is 1. The lowest BCUT2D eigenvalue weighted by Gasteiger charge is -2.29. The van der Waals surface area contributed by atoms with Crippen molar-refractivity contribution in [3.63, 3.8) is 0 Å². The van der Waals surface area contributed by atoms with Crippen molar-refractivity contribution < 1.29 is 0 Å². The summed E-state index contributed by atoms with van der Waals surface area (Å²) in [7, 11) is 0. The molecule has 0 atom stereocenters. The number of allylic oxidation sites excluding steroid dienone is 5. The molecule has 0 amide bonds. The molecule has 1 fully saturated rings. The molecule has 0 spiro atoms. The van der Waals surface area contributed by atoms with E-state index in [1.807, 2.05) is 0 Å². The molecule has 1 aromatic rings. The minimum atomic E-state index is 0.726. The van der Waals surface area contributed by atoms with E-state index >= 15 is 0 Å². The van der Waals surface area contributed by atoms with Gasteiger partial charge >= 0.3 is 0 Å². The zero-order valence-electron chi connectivity index (χ0n) is 13.8. The van der Waals surface area contributed by atoms with Crippen LogP contribution in [0, 0.1) is 12.8 Å². The molecular weight excluding hydrogens is 252 g/mol. The average molecular weight is 280 g/mol. The van der Waals surface area contributed by atoms with E-state index in [1.165, 1.54) is 59.9 Å². The van der Waals surface area contributed by atoms with Crippen molar-refractivity contribution in [2.24, 2.45) is 5.92 Å². The van der Waals surface area contributed by atoms with E-state index in [0.717, 1.165) is 5.92 Å². The third kappa shape index (κ3) is 3.56. The largest absolute Gasteiger partial charge is 0.0984 e. The van der Waals surface area contributed by atoms with E-state index in [1.54, 1.807) is 0 Å². The van der Waals surface area contributed by atoms with Crippen molar-refractivity contribution in [3.05, 3.63) is 65.3 Å². The summed E-state index contributed by atoms with van der Waals surface area (Å²) in [5.41, 5.74) is 6.98. The number of rotatable bonds is 6. The van der Waals surface area contributed by atoms with Gasteiger partial charge in [0.05, 0.1) is 0 Å². The topological polar surface area (TPSA) is 0 Å². The first kappa shape index (κ1) is 15.8. The Morgan fingerprint density at radius 3 is 2.57 bits per heavy atom. The third-order valence-corrected chi connectivity index (χ3v) is 4.53. The number of hydrogen-bond acceptors (Lipinski definition) is 0. The standard InChI is InChI=1S/C21H28/c1-5-9-17-13-14-20(16(4)15-17)19(7-3)21(10-6-2)18-11-8-12-18/h6-7,10,13-15,18H,3,5,8-9,11-12H2,1-2,4H3/b10-6-,21-19-. The van der Waals surface area contributed by atoms with Crippen LogP contribution in [-0.2, 0) is 6.42 Å². The predicted molar refractivity (Wildman–Crippen MR) is 94.4 cm³/mol. The van der Waals surface area contributed by atoms with Gasteiger partial charge in [-0.2, -0.15) is 0 Å². The van der Waals surface area contributed by atoms with Crippen LogP contribution in [-0.4, -0.2) is 0 Å². The lowest BCUT2D eigenvalue weighted by atomic mass is 9.76. The fourth-order valence-electron chi connectivity index (χ4n) is 3.20. The highest BCUT2D eigenvalue weighted by atomic mass is 14.3. The Morgan fingerprint density at radius 1 is 1.33 bits per heavy atom. The number of hydrogen-bond donors (Lipinski definition) is 0. The molecule has 0 nitrogen and oxygen atoms in total. The van der Waals surface area contributed by atoms with Gasteiger partial charge in [-0.15, -0.1) is 0 Å². The van der Waals surface area contributed by atoms with Gasteiger partial charge in [-0.25, -0.2) is 0 Å². The van der Waals surface area contributed by atoms with Gasteiger partial charge in [0.2, 0.25) is 0 Å². The first-order valence-electron chi connectivity index (χ1n) is 8.30. The van der Waals surface area contributed by atoms with Gasteiger partial charge < -0.3 is 0 Å². The van der Waals surface area contributed by atoms with Crippen molar-refractivity contribution in [2.45, 2.75) is 52.9 Å². The van der Waals surface area contributed by atoms with Gasteiger partial charge in [0.15, 0.2) is 0 Å². The Labute approximate surface area is 130 Å². The minimum absolute atomic E-state index is 0.726. The molecule has 112 valence electrons. The molecule has 0 heterocycles. The summed E-state index contributed by atoms with van der Waals surface area (Å²) >= 11 is 0. The van der Waals surface area contributed by atoms with Gasteiger partial charge in [-0.3, -0.25) is 0 Å². The maximum absolute atomic E-state index is 4.09. The highest BCUT2D eigenvalue weighted by molar-refractivity contribution is 5.80. The molecule has 0 N–H and O–H groups in total. The quantitative estimate of drug-likeness (QED) is 0.539. The molecule has 2 rings (SSSR count). The monoisotopic (exact) mass is 280 g/mol. The van der Waals surface area contributed by atoms with Crippen molar-refractivity contribution in [1.82, 2.24) is 0 Å². The lowest BCUT2D eigenvalue weighted by Crippen LogP contribution is -2.14. The van der Waals surface area contributed by atoms with Crippen LogP contribution >= 0.6 is 0 Å². The zero-order valence-corrected chi connectivity index (χ0v) is 13.8. The van der Waals surface area contributed by atoms with Crippen LogP contribution in [0.4, 0.5) is 0 Å². The van der Waals surface area contributed by atoms with Crippen molar-refractivity contribution in [3.8, 4) is 0 Å². The van der Waals surface area contributed by atoms with Gasteiger partial charge in [0.1, 0.15) is 0 Å². The third-order valence-electron chi connectivity index (χ3n) is 4.53. The predicted octanol–water partition coefficient (Wildman–Crippen LogP) is 6.26. The molecule has 0 unspecified atom stereocenters. The van der Waals surface area contributed by atoms with E-state index in [-0.39, 0.29) is 0 Å². The summed E-state index contributed by atoms with van der Waals surface area (Å²) in [6.45, 7) is 10.7. The van der Waals surface area contributed by atoms with Crippen molar-refractivity contribution >= 4 is 5.57 Å². The first-order valence-corrected chi connectivity index (χ1v) is 8.30. The van der Waals surface area contributed by atoms with E-state index in [2.05, 4.69) is 63.8 Å². The first-order chi connectivity index (χ1) is 10.2. The van der Waals surface area contributed by atoms with Gasteiger partial charge in [-0.1, -0.05) is 62.8 Å². The second-order valence-corrected chi connectivity index (χ2v) is 6.10. The Hall–Kier alpha value is -1.56. The summed E-state index contributed by atoms with van der Waals surface area (Å²) in [6, 6.07) is 6.92. The van der Waals surface area contributed by atoms with Crippen LogP contribution in [0.3, 0.4) is 0 Å². The fourth-order valence-corrected chi connectivity index (χ4v) is 3.20. The minimum Gasteiger partial charge on any atom is -0.0984 e. The molecule has 1 aliphatic carbocycles. The lowest BCUT2D eigenvalue weighted by molar-refractivity contribution is 0.375. The highest BCUT2D eigenvalue weighted by Crippen LogP contribution is 2.39. The summed E-state index contributed by atoms with van der Waals surface area (Å²) in [4.78, 5) is 0. The van der Waals surface area contributed by atoms with Crippen LogP contribution in [0.25, 0.3) is 5.57 Å². The van der Waals surface area contributed by atoms with Gasteiger partial charge in [-0.05, 0) is 66.9 Å². The fraction of sp³-hybridized carbons (Fsp3) is 0.429. The van der Waals surface area contributed by atoms with Gasteiger partial charge in [0.25, 0.3) is 0 Å². The van der Waals surface area contributed by atoms with Gasteiger partial charge in [0, 0.05) is 0 Å². The van der Waals surface area contributed by atoms with E-state index < -0.39 is 0 Å². The molecule has 1 saturated carbocycles. The van der Waals surface area contributed by atoms with Crippen LogP contribution in [0.15, 0.2) is 48.6 Å². The Balaban J connectivity index is 2.45. The molecule has 1 aliphatic rings. The Kier molecular flexibility index (Phi) is 5.61. The Morgan fingerprint density at radius 2 is 2.10 bits per heavy atom. The summed E-state index contributed by atoms with van der Waals surface area (Å²) in [5, 5.41) is 0. The average Bonchev–Trinajstić information content (AvgIpc) is 2.40. The molecule has 0 bridgehead atoms. The van der Waals surface area contributed by atoms with Crippen LogP contribution in [0.5, 0.6) is 0 Å². The van der Waals surface area contributed by atoms with E-state index in [9.17, 15) is 0 Å².